The van der Waals surface area contributed by atoms with Crippen LogP contribution in [0, 0.1) is 5.82 Å². The van der Waals surface area contributed by atoms with Gasteiger partial charge >= 0.3 is 0 Å². The van der Waals surface area contributed by atoms with Gasteiger partial charge in [0.05, 0.1) is 5.69 Å². The molecule has 2 saturated heterocycles. The van der Waals surface area contributed by atoms with Crippen molar-refractivity contribution in [1.29, 1.82) is 0 Å². The van der Waals surface area contributed by atoms with Crippen molar-refractivity contribution >= 4 is 17.0 Å². The lowest BCUT2D eigenvalue weighted by Crippen LogP contribution is -2.44. The number of piperazine rings is 1. The molecular formula is C23H19F3N6. The number of hydrogen-bond donors (Lipinski definition) is 1. The first kappa shape index (κ1) is 19.2. The summed E-state index contributed by atoms with van der Waals surface area (Å²) in [7, 11) is 0. The SMILES string of the molecule is Fc1ccc(-c2nc3ccc(N4C[C@H]5C[C@@H]4CN5)nc3n2-c2ccnc(C(F)F)c2)cc1. The third kappa shape index (κ3) is 3.12. The van der Waals surface area contributed by atoms with E-state index in [-0.39, 0.29) is 11.5 Å². The number of imidazole rings is 1. The lowest BCUT2D eigenvalue weighted by molar-refractivity contribution is 0.146. The summed E-state index contributed by atoms with van der Waals surface area (Å²) < 4.78 is 42.0. The summed E-state index contributed by atoms with van der Waals surface area (Å²) in [6.45, 7) is 1.81. The van der Waals surface area contributed by atoms with Crippen molar-refractivity contribution in [2.45, 2.75) is 24.9 Å². The Hall–Kier alpha value is -3.46. The first-order chi connectivity index (χ1) is 15.6. The van der Waals surface area contributed by atoms with Gasteiger partial charge in [-0.3, -0.25) is 9.55 Å². The van der Waals surface area contributed by atoms with E-state index in [4.69, 9.17) is 9.97 Å². The fraction of sp³-hybridized carbons (Fsp3) is 0.261. The van der Waals surface area contributed by atoms with Gasteiger partial charge in [-0.2, -0.15) is 0 Å². The van der Waals surface area contributed by atoms with Gasteiger partial charge in [-0.05, 0) is 55.0 Å². The van der Waals surface area contributed by atoms with Crippen LogP contribution in [0.5, 0.6) is 0 Å². The van der Waals surface area contributed by atoms with Crippen LogP contribution in [-0.2, 0) is 0 Å². The topological polar surface area (TPSA) is 58.9 Å². The normalized spacial score (nSPS) is 20.1. The molecule has 2 aliphatic rings. The van der Waals surface area contributed by atoms with Crippen molar-refractivity contribution in [1.82, 2.24) is 24.8 Å². The number of nitrogens with zero attached hydrogens (tertiary/aromatic N) is 5. The highest BCUT2D eigenvalue weighted by molar-refractivity contribution is 5.81. The Labute approximate surface area is 181 Å². The molecule has 6 rings (SSSR count). The molecule has 3 aromatic heterocycles. The van der Waals surface area contributed by atoms with Crippen molar-refractivity contribution in [3.05, 3.63) is 66.2 Å². The number of fused-ring (bicyclic) bond motifs is 3. The Balaban J connectivity index is 1.55. The summed E-state index contributed by atoms with van der Waals surface area (Å²) >= 11 is 0. The highest BCUT2D eigenvalue weighted by Crippen LogP contribution is 2.33. The zero-order valence-corrected chi connectivity index (χ0v) is 16.9. The van der Waals surface area contributed by atoms with Crippen LogP contribution in [0.25, 0.3) is 28.2 Å². The van der Waals surface area contributed by atoms with Gasteiger partial charge < -0.3 is 10.2 Å². The van der Waals surface area contributed by atoms with Crippen LogP contribution in [0.1, 0.15) is 18.5 Å². The fourth-order valence-corrected chi connectivity index (χ4v) is 4.68. The second kappa shape index (κ2) is 7.30. The lowest BCUT2D eigenvalue weighted by Gasteiger charge is -2.28. The molecule has 1 aromatic carbocycles. The second-order valence-electron chi connectivity index (χ2n) is 8.18. The van der Waals surface area contributed by atoms with E-state index in [0.29, 0.717) is 40.3 Å². The van der Waals surface area contributed by atoms with E-state index < -0.39 is 6.43 Å². The Morgan fingerprint density at radius 3 is 2.59 bits per heavy atom. The standard InChI is InChI=1S/C23H19F3N6/c24-14-3-1-13(2-4-14)22-29-18-5-6-20(31-12-15-9-17(31)11-28-15)30-23(18)32(22)16-7-8-27-19(10-16)21(25)26/h1-8,10,15,17,21,28H,9,11-12H2/t15-,17-/m1/s1. The number of benzene rings is 1. The van der Waals surface area contributed by atoms with Crippen LogP contribution in [0.4, 0.5) is 19.0 Å². The Morgan fingerprint density at radius 1 is 1.03 bits per heavy atom. The summed E-state index contributed by atoms with van der Waals surface area (Å²) in [5, 5.41) is 3.48. The van der Waals surface area contributed by atoms with E-state index in [2.05, 4.69) is 15.2 Å². The maximum atomic E-state index is 13.5. The summed E-state index contributed by atoms with van der Waals surface area (Å²) in [6.07, 6.45) is -0.260. The van der Waals surface area contributed by atoms with Gasteiger partial charge in [0.15, 0.2) is 5.65 Å². The van der Waals surface area contributed by atoms with Crippen molar-refractivity contribution in [2.24, 2.45) is 0 Å². The molecule has 32 heavy (non-hydrogen) atoms. The number of rotatable bonds is 4. The highest BCUT2D eigenvalue weighted by Gasteiger charge is 2.38. The number of nitrogens with one attached hydrogen (secondary N) is 1. The molecule has 5 heterocycles. The van der Waals surface area contributed by atoms with E-state index in [1.807, 2.05) is 12.1 Å². The summed E-state index contributed by atoms with van der Waals surface area (Å²) in [6, 6.07) is 13.6. The van der Waals surface area contributed by atoms with E-state index >= 15 is 0 Å². The molecule has 2 aliphatic heterocycles. The van der Waals surface area contributed by atoms with Crippen LogP contribution in [0.3, 0.4) is 0 Å². The summed E-state index contributed by atoms with van der Waals surface area (Å²) in [5.41, 5.74) is 2.00. The predicted molar refractivity (Wildman–Crippen MR) is 115 cm³/mol. The van der Waals surface area contributed by atoms with Gasteiger partial charge in [0.25, 0.3) is 6.43 Å². The minimum absolute atomic E-state index is 0.325. The minimum atomic E-state index is -2.70. The maximum absolute atomic E-state index is 13.5. The number of halogens is 3. The Morgan fingerprint density at radius 2 is 1.88 bits per heavy atom. The Bertz CT molecular complexity index is 1300. The van der Waals surface area contributed by atoms with Crippen molar-refractivity contribution < 1.29 is 13.2 Å². The quantitative estimate of drug-likeness (QED) is 0.522. The average Bonchev–Trinajstić information content (AvgIpc) is 3.53. The number of alkyl halides is 2. The van der Waals surface area contributed by atoms with Gasteiger partial charge in [0.1, 0.15) is 28.7 Å². The van der Waals surface area contributed by atoms with Crippen LogP contribution in [0.15, 0.2) is 54.7 Å². The van der Waals surface area contributed by atoms with Gasteiger partial charge in [0, 0.05) is 36.9 Å². The monoisotopic (exact) mass is 436 g/mol. The molecule has 2 bridgehead atoms. The lowest BCUT2D eigenvalue weighted by atomic mass is 10.2. The van der Waals surface area contributed by atoms with Gasteiger partial charge in [0.2, 0.25) is 0 Å². The zero-order valence-electron chi connectivity index (χ0n) is 16.9. The summed E-state index contributed by atoms with van der Waals surface area (Å²) in [5.74, 6) is 0.973. The van der Waals surface area contributed by atoms with Gasteiger partial charge in [-0.15, -0.1) is 0 Å². The first-order valence-electron chi connectivity index (χ1n) is 10.5. The molecule has 2 fully saturated rings. The molecule has 0 radical (unpaired) electrons. The number of anilines is 1. The largest absolute Gasteiger partial charge is 0.351 e. The molecule has 1 N–H and O–H groups in total. The summed E-state index contributed by atoms with van der Waals surface area (Å²) in [4.78, 5) is 15.7. The van der Waals surface area contributed by atoms with Gasteiger partial charge in [-0.25, -0.2) is 23.1 Å². The van der Waals surface area contributed by atoms with E-state index in [0.717, 1.165) is 25.3 Å². The zero-order chi connectivity index (χ0) is 21.8. The smallest absolute Gasteiger partial charge is 0.280 e. The molecular weight excluding hydrogens is 417 g/mol. The molecule has 162 valence electrons. The molecule has 0 unspecified atom stereocenters. The van der Waals surface area contributed by atoms with E-state index in [9.17, 15) is 13.2 Å². The van der Waals surface area contributed by atoms with Crippen LogP contribution >= 0.6 is 0 Å². The number of hydrogen-bond acceptors (Lipinski definition) is 5. The third-order valence-electron chi connectivity index (χ3n) is 6.19. The molecule has 4 aromatic rings. The molecule has 0 aliphatic carbocycles. The molecule has 2 atom stereocenters. The molecule has 9 heteroatoms. The first-order valence-corrected chi connectivity index (χ1v) is 10.5. The number of aromatic nitrogens is 4. The molecule has 0 spiro atoms. The van der Waals surface area contributed by atoms with Gasteiger partial charge in [-0.1, -0.05) is 0 Å². The van der Waals surface area contributed by atoms with E-state index in [1.165, 1.54) is 24.4 Å². The van der Waals surface area contributed by atoms with Crippen molar-refractivity contribution in [3.8, 4) is 17.1 Å². The van der Waals surface area contributed by atoms with E-state index in [1.54, 1.807) is 22.8 Å². The molecule has 0 amide bonds. The van der Waals surface area contributed by atoms with Crippen LogP contribution < -0.4 is 10.2 Å². The van der Waals surface area contributed by atoms with Crippen LogP contribution in [-0.4, -0.2) is 44.7 Å². The average molecular weight is 436 g/mol. The Kier molecular flexibility index (Phi) is 4.39. The molecule has 0 saturated carbocycles. The fourth-order valence-electron chi connectivity index (χ4n) is 4.68. The highest BCUT2D eigenvalue weighted by atomic mass is 19.3. The maximum Gasteiger partial charge on any atom is 0.280 e. The van der Waals surface area contributed by atoms with Crippen molar-refractivity contribution in [3.63, 3.8) is 0 Å². The number of pyridine rings is 2. The third-order valence-corrected chi connectivity index (χ3v) is 6.19. The van der Waals surface area contributed by atoms with Crippen LogP contribution in [0.2, 0.25) is 0 Å². The minimum Gasteiger partial charge on any atom is -0.351 e. The molecule has 6 nitrogen and oxygen atoms in total. The predicted octanol–water partition coefficient (Wildman–Crippen LogP) is 4.11. The van der Waals surface area contributed by atoms with Crippen molar-refractivity contribution in [2.75, 3.05) is 18.0 Å². The second-order valence-corrected chi connectivity index (χ2v) is 8.18.